The zero-order chi connectivity index (χ0) is 17.3. The van der Waals surface area contributed by atoms with Gasteiger partial charge in [-0.15, -0.1) is 0 Å². The third-order valence-corrected chi connectivity index (χ3v) is 5.94. The lowest BCUT2D eigenvalue weighted by Crippen LogP contribution is -2.53. The van der Waals surface area contributed by atoms with Gasteiger partial charge in [0.1, 0.15) is 5.60 Å². The molecule has 1 aromatic rings. The Morgan fingerprint density at radius 3 is 2.76 bits per heavy atom. The van der Waals surface area contributed by atoms with E-state index < -0.39 is 5.60 Å². The number of carbonyl (C=O) groups excluding carboxylic acids is 1. The van der Waals surface area contributed by atoms with E-state index in [1.165, 1.54) is 0 Å². The Morgan fingerprint density at radius 2 is 2.12 bits per heavy atom. The van der Waals surface area contributed by atoms with E-state index in [0.717, 1.165) is 38.0 Å². The third-order valence-electron chi connectivity index (χ3n) is 5.94. The molecule has 0 aliphatic carbocycles. The van der Waals surface area contributed by atoms with Crippen LogP contribution in [0.15, 0.2) is 24.4 Å². The number of hydrogen-bond acceptors (Lipinski definition) is 5. The lowest BCUT2D eigenvalue weighted by molar-refractivity contribution is -0.126. The van der Waals surface area contributed by atoms with Gasteiger partial charge in [-0.05, 0) is 50.7 Å². The molecule has 2 bridgehead atoms. The first-order valence-electron chi connectivity index (χ1n) is 9.42. The summed E-state index contributed by atoms with van der Waals surface area (Å²) in [6.45, 7) is 1.84. The molecule has 0 spiro atoms. The highest BCUT2D eigenvalue weighted by Gasteiger charge is 2.49. The summed E-state index contributed by atoms with van der Waals surface area (Å²) in [5, 5.41) is 14.1. The average molecular weight is 345 g/mol. The van der Waals surface area contributed by atoms with Crippen molar-refractivity contribution in [1.82, 2.24) is 15.2 Å². The van der Waals surface area contributed by atoms with E-state index in [-0.39, 0.29) is 24.1 Å². The molecule has 3 saturated heterocycles. The summed E-state index contributed by atoms with van der Waals surface area (Å²) < 4.78 is 5.56. The first-order valence-corrected chi connectivity index (χ1v) is 9.42. The molecule has 6 heteroatoms. The zero-order valence-corrected chi connectivity index (χ0v) is 14.6. The smallest absolute Gasteiger partial charge is 0.234 e. The van der Waals surface area contributed by atoms with Gasteiger partial charge in [-0.25, -0.2) is 0 Å². The second kappa shape index (κ2) is 7.02. The molecule has 3 aliphatic rings. The topological polar surface area (TPSA) is 74.7 Å². The van der Waals surface area contributed by atoms with Crippen LogP contribution in [-0.2, 0) is 15.1 Å². The molecular weight excluding hydrogens is 318 g/mol. The molecule has 6 nitrogen and oxygen atoms in total. The SMILES string of the molecule is O=C(CN1[C@@H]2CC[C@@H]1CC(O)(c1ccccn1)C2)NC[C@@H]1CCCO1. The minimum atomic E-state index is -0.863. The predicted molar refractivity (Wildman–Crippen MR) is 92.9 cm³/mol. The minimum Gasteiger partial charge on any atom is -0.383 e. The molecule has 4 heterocycles. The van der Waals surface area contributed by atoms with Crippen molar-refractivity contribution in [2.75, 3.05) is 19.7 Å². The lowest BCUT2D eigenvalue weighted by Gasteiger charge is -2.43. The van der Waals surface area contributed by atoms with Crippen molar-refractivity contribution >= 4 is 5.91 Å². The van der Waals surface area contributed by atoms with Gasteiger partial charge in [0, 0.05) is 31.4 Å². The van der Waals surface area contributed by atoms with Gasteiger partial charge in [-0.2, -0.15) is 0 Å². The Balaban J connectivity index is 1.35. The molecule has 3 aliphatic heterocycles. The van der Waals surface area contributed by atoms with Gasteiger partial charge in [0.2, 0.25) is 5.91 Å². The number of pyridine rings is 1. The van der Waals surface area contributed by atoms with E-state index in [9.17, 15) is 9.90 Å². The maximum Gasteiger partial charge on any atom is 0.234 e. The van der Waals surface area contributed by atoms with Crippen LogP contribution in [0.1, 0.15) is 44.2 Å². The highest BCUT2D eigenvalue weighted by Crippen LogP contribution is 2.44. The Hall–Kier alpha value is -1.50. The molecule has 2 N–H and O–H groups in total. The van der Waals surface area contributed by atoms with Gasteiger partial charge in [-0.3, -0.25) is 14.7 Å². The number of nitrogens with zero attached hydrogens (tertiary/aromatic N) is 2. The molecule has 25 heavy (non-hydrogen) atoms. The van der Waals surface area contributed by atoms with Gasteiger partial charge in [0.15, 0.2) is 0 Å². The van der Waals surface area contributed by atoms with Crippen LogP contribution in [0.5, 0.6) is 0 Å². The monoisotopic (exact) mass is 345 g/mol. The van der Waals surface area contributed by atoms with E-state index >= 15 is 0 Å². The van der Waals surface area contributed by atoms with E-state index in [1.54, 1.807) is 6.20 Å². The molecule has 1 aromatic heterocycles. The van der Waals surface area contributed by atoms with Crippen LogP contribution in [0.4, 0.5) is 0 Å². The average Bonchev–Trinajstić information content (AvgIpc) is 3.22. The van der Waals surface area contributed by atoms with E-state index in [0.29, 0.717) is 25.9 Å². The largest absolute Gasteiger partial charge is 0.383 e. The fourth-order valence-corrected chi connectivity index (χ4v) is 4.68. The second-order valence-corrected chi connectivity index (χ2v) is 7.65. The Labute approximate surface area is 148 Å². The van der Waals surface area contributed by atoms with Gasteiger partial charge in [-0.1, -0.05) is 6.07 Å². The summed E-state index contributed by atoms with van der Waals surface area (Å²) >= 11 is 0. The number of ether oxygens (including phenoxy) is 1. The van der Waals surface area contributed by atoms with Crippen LogP contribution >= 0.6 is 0 Å². The number of amides is 1. The van der Waals surface area contributed by atoms with Crippen LogP contribution in [-0.4, -0.2) is 58.8 Å². The third kappa shape index (κ3) is 3.57. The number of hydrogen-bond donors (Lipinski definition) is 2. The van der Waals surface area contributed by atoms with Crippen LogP contribution in [0, 0.1) is 0 Å². The maximum atomic E-state index is 12.3. The van der Waals surface area contributed by atoms with Gasteiger partial charge in [0.05, 0.1) is 18.3 Å². The molecule has 136 valence electrons. The Kier molecular flexibility index (Phi) is 4.75. The van der Waals surface area contributed by atoms with Crippen LogP contribution in [0.3, 0.4) is 0 Å². The van der Waals surface area contributed by atoms with Crippen molar-refractivity contribution in [3.05, 3.63) is 30.1 Å². The van der Waals surface area contributed by atoms with Crippen molar-refractivity contribution in [2.45, 2.75) is 62.3 Å². The fourth-order valence-electron chi connectivity index (χ4n) is 4.68. The summed E-state index contributed by atoms with van der Waals surface area (Å²) in [5.74, 6) is 0.0654. The molecule has 0 unspecified atom stereocenters. The summed E-state index contributed by atoms with van der Waals surface area (Å²) in [6, 6.07) is 6.20. The standard InChI is InChI=1S/C19H27N3O3/c23-18(21-12-16-4-3-9-25-16)13-22-14-6-7-15(22)11-19(24,10-14)17-5-1-2-8-20-17/h1-2,5,8,14-16,24H,3-4,6-7,9-13H2,(H,21,23)/t14-,15-,16+/m1/s1. The minimum absolute atomic E-state index is 0.0654. The predicted octanol–water partition coefficient (Wildman–Crippen LogP) is 1.19. The van der Waals surface area contributed by atoms with Crippen LogP contribution in [0.2, 0.25) is 0 Å². The first kappa shape index (κ1) is 16.9. The number of fused-ring (bicyclic) bond motifs is 2. The molecule has 0 saturated carbocycles. The number of rotatable bonds is 5. The van der Waals surface area contributed by atoms with Crippen molar-refractivity contribution in [1.29, 1.82) is 0 Å². The van der Waals surface area contributed by atoms with Crippen molar-refractivity contribution in [3.63, 3.8) is 0 Å². The summed E-state index contributed by atoms with van der Waals surface area (Å²) in [6.07, 6.45) is 7.42. The number of carbonyl (C=O) groups is 1. The van der Waals surface area contributed by atoms with E-state index in [1.807, 2.05) is 18.2 Å². The van der Waals surface area contributed by atoms with Gasteiger partial charge in [0.25, 0.3) is 0 Å². The van der Waals surface area contributed by atoms with E-state index in [2.05, 4.69) is 15.2 Å². The Bertz CT molecular complexity index is 589. The van der Waals surface area contributed by atoms with Crippen molar-refractivity contribution in [2.24, 2.45) is 0 Å². The first-order chi connectivity index (χ1) is 12.1. The summed E-state index contributed by atoms with van der Waals surface area (Å²) in [4.78, 5) is 19.0. The number of piperidine rings is 1. The zero-order valence-electron chi connectivity index (χ0n) is 14.6. The molecule has 0 radical (unpaired) electrons. The summed E-state index contributed by atoms with van der Waals surface area (Å²) in [7, 11) is 0. The summed E-state index contributed by atoms with van der Waals surface area (Å²) in [5.41, 5.74) is -0.105. The quantitative estimate of drug-likeness (QED) is 0.839. The normalized spacial score (nSPS) is 35.0. The highest BCUT2D eigenvalue weighted by atomic mass is 16.5. The molecule has 0 aromatic carbocycles. The number of aliphatic hydroxyl groups is 1. The number of aromatic nitrogens is 1. The van der Waals surface area contributed by atoms with Crippen LogP contribution in [0.25, 0.3) is 0 Å². The molecule has 4 rings (SSSR count). The van der Waals surface area contributed by atoms with Crippen molar-refractivity contribution < 1.29 is 14.6 Å². The van der Waals surface area contributed by atoms with E-state index in [4.69, 9.17) is 4.74 Å². The molecule has 3 fully saturated rings. The lowest BCUT2D eigenvalue weighted by atomic mass is 9.83. The van der Waals surface area contributed by atoms with Crippen molar-refractivity contribution in [3.8, 4) is 0 Å². The fraction of sp³-hybridized carbons (Fsp3) is 0.684. The molecular formula is C19H27N3O3. The van der Waals surface area contributed by atoms with Gasteiger partial charge >= 0.3 is 0 Å². The second-order valence-electron chi connectivity index (χ2n) is 7.65. The maximum absolute atomic E-state index is 12.3. The molecule has 1 amide bonds. The number of nitrogens with one attached hydrogen (secondary N) is 1. The van der Waals surface area contributed by atoms with Crippen LogP contribution < -0.4 is 5.32 Å². The van der Waals surface area contributed by atoms with Gasteiger partial charge < -0.3 is 15.2 Å². The highest BCUT2D eigenvalue weighted by molar-refractivity contribution is 5.78. The molecule has 3 atom stereocenters. The Morgan fingerprint density at radius 1 is 1.32 bits per heavy atom.